The van der Waals surface area contributed by atoms with Crippen LogP contribution in [0.15, 0.2) is 12.4 Å². The van der Waals surface area contributed by atoms with E-state index in [2.05, 4.69) is 12.0 Å². The second-order valence-corrected chi connectivity index (χ2v) is 2.77. The maximum Gasteiger partial charge on any atom is 0.0708 e. The quantitative estimate of drug-likeness (QED) is 0.700. The molecule has 0 spiro atoms. The molecule has 3 nitrogen and oxygen atoms in total. The monoisotopic (exact) mass is 154 g/mol. The van der Waals surface area contributed by atoms with Crippen LogP contribution in [0.25, 0.3) is 0 Å². The summed E-state index contributed by atoms with van der Waals surface area (Å²) in [6, 6.07) is 0. The second kappa shape index (κ2) is 3.53. The van der Waals surface area contributed by atoms with Crippen molar-refractivity contribution in [1.29, 1.82) is 0 Å². The third-order valence-electron chi connectivity index (χ3n) is 1.55. The number of aliphatic hydroxyl groups is 1. The van der Waals surface area contributed by atoms with Gasteiger partial charge in [0.2, 0.25) is 0 Å². The maximum absolute atomic E-state index is 9.03. The summed E-state index contributed by atoms with van der Waals surface area (Å²) in [5.74, 6) is 0. The Kier molecular flexibility index (Phi) is 2.65. The number of rotatable bonds is 3. The Balaban J connectivity index is 2.58. The number of aromatic nitrogens is 2. The third kappa shape index (κ3) is 2.35. The first kappa shape index (κ1) is 8.27. The minimum Gasteiger partial charge on any atom is -0.391 e. The smallest absolute Gasteiger partial charge is 0.0708 e. The maximum atomic E-state index is 9.03. The van der Waals surface area contributed by atoms with Gasteiger partial charge in [0, 0.05) is 6.20 Å². The van der Waals surface area contributed by atoms with Crippen LogP contribution in [0, 0.1) is 0 Å². The van der Waals surface area contributed by atoms with Gasteiger partial charge in [-0.3, -0.25) is 4.68 Å². The van der Waals surface area contributed by atoms with Crippen LogP contribution in [0.2, 0.25) is 0 Å². The molecule has 0 aliphatic rings. The molecule has 1 aromatic rings. The summed E-state index contributed by atoms with van der Waals surface area (Å²) in [5, 5.41) is 13.1. The van der Waals surface area contributed by atoms with Crippen LogP contribution in [0.5, 0.6) is 0 Å². The molecule has 1 rings (SSSR count). The van der Waals surface area contributed by atoms with Crippen LogP contribution in [-0.4, -0.2) is 21.0 Å². The molecule has 11 heavy (non-hydrogen) atoms. The van der Waals surface area contributed by atoms with E-state index in [-0.39, 0.29) is 6.10 Å². The summed E-state index contributed by atoms with van der Waals surface area (Å²) in [6.07, 6.45) is 4.48. The van der Waals surface area contributed by atoms with Crippen molar-refractivity contribution >= 4 is 0 Å². The van der Waals surface area contributed by atoms with E-state index in [1.807, 2.05) is 12.4 Å². The van der Waals surface area contributed by atoms with Gasteiger partial charge in [-0.05, 0) is 18.9 Å². The summed E-state index contributed by atoms with van der Waals surface area (Å²) in [6.45, 7) is 4.43. The van der Waals surface area contributed by atoms with E-state index in [9.17, 15) is 0 Å². The summed E-state index contributed by atoms with van der Waals surface area (Å²) in [7, 11) is 0. The molecular formula is C8H14N2O. The lowest BCUT2D eigenvalue weighted by Crippen LogP contribution is -2.11. The van der Waals surface area contributed by atoms with Gasteiger partial charge in [-0.25, -0.2) is 0 Å². The average Bonchev–Trinajstić information content (AvgIpc) is 2.34. The lowest BCUT2D eigenvalue weighted by molar-refractivity contribution is 0.168. The molecule has 1 heterocycles. The van der Waals surface area contributed by atoms with Crippen molar-refractivity contribution in [2.75, 3.05) is 0 Å². The predicted molar refractivity (Wildman–Crippen MR) is 43.3 cm³/mol. The number of aryl methyl sites for hydroxylation is 1. The molecule has 0 saturated carbocycles. The van der Waals surface area contributed by atoms with Crippen molar-refractivity contribution in [1.82, 2.24) is 9.78 Å². The third-order valence-corrected chi connectivity index (χ3v) is 1.55. The van der Waals surface area contributed by atoms with Gasteiger partial charge in [0.1, 0.15) is 0 Å². The second-order valence-electron chi connectivity index (χ2n) is 2.77. The molecule has 62 valence electrons. The molecule has 0 saturated heterocycles. The summed E-state index contributed by atoms with van der Waals surface area (Å²) in [5.41, 5.74) is 1.21. The van der Waals surface area contributed by atoms with Crippen LogP contribution < -0.4 is 0 Å². The first-order chi connectivity index (χ1) is 5.22. The fraction of sp³-hybridized carbons (Fsp3) is 0.625. The van der Waals surface area contributed by atoms with Crippen molar-refractivity contribution in [2.45, 2.75) is 32.9 Å². The highest BCUT2D eigenvalue weighted by molar-refractivity contribution is 5.02. The molecule has 3 heteroatoms. The summed E-state index contributed by atoms with van der Waals surface area (Å²) >= 11 is 0. The lowest BCUT2D eigenvalue weighted by Gasteiger charge is -2.02. The molecule has 1 unspecified atom stereocenters. The Labute approximate surface area is 66.7 Å². The van der Waals surface area contributed by atoms with Crippen LogP contribution in [0.4, 0.5) is 0 Å². The van der Waals surface area contributed by atoms with Gasteiger partial charge in [0.05, 0.1) is 18.8 Å². The van der Waals surface area contributed by atoms with Crippen molar-refractivity contribution in [2.24, 2.45) is 0 Å². The number of hydrogen-bond donors (Lipinski definition) is 1. The molecule has 1 aromatic heterocycles. The van der Waals surface area contributed by atoms with Crippen molar-refractivity contribution in [3.8, 4) is 0 Å². The Morgan fingerprint density at radius 1 is 1.73 bits per heavy atom. The molecular weight excluding hydrogens is 140 g/mol. The topological polar surface area (TPSA) is 38.0 Å². The summed E-state index contributed by atoms with van der Waals surface area (Å²) < 4.78 is 1.77. The van der Waals surface area contributed by atoms with Gasteiger partial charge in [0.15, 0.2) is 0 Å². The standard InChI is InChI=1S/C8H14N2O/c1-3-8-4-9-10(6-8)5-7(2)11/h4,6-7,11H,3,5H2,1-2H3. The van der Waals surface area contributed by atoms with E-state index in [0.29, 0.717) is 6.54 Å². The van der Waals surface area contributed by atoms with Gasteiger partial charge in [0.25, 0.3) is 0 Å². The zero-order valence-electron chi connectivity index (χ0n) is 6.99. The van der Waals surface area contributed by atoms with Crippen LogP contribution >= 0.6 is 0 Å². The lowest BCUT2D eigenvalue weighted by atomic mass is 10.3. The largest absolute Gasteiger partial charge is 0.391 e. The van der Waals surface area contributed by atoms with Crippen LogP contribution in [0.3, 0.4) is 0 Å². The zero-order valence-corrected chi connectivity index (χ0v) is 6.99. The highest BCUT2D eigenvalue weighted by atomic mass is 16.3. The van der Waals surface area contributed by atoms with Crippen molar-refractivity contribution < 1.29 is 5.11 Å². The first-order valence-corrected chi connectivity index (χ1v) is 3.91. The van der Waals surface area contributed by atoms with Gasteiger partial charge >= 0.3 is 0 Å². The van der Waals surface area contributed by atoms with Crippen molar-refractivity contribution in [3.05, 3.63) is 18.0 Å². The molecule has 0 aliphatic carbocycles. The van der Waals surface area contributed by atoms with E-state index < -0.39 is 0 Å². The fourth-order valence-electron chi connectivity index (χ4n) is 0.960. The highest BCUT2D eigenvalue weighted by Crippen LogP contribution is 1.98. The number of nitrogens with zero attached hydrogens (tertiary/aromatic N) is 2. The Morgan fingerprint density at radius 2 is 2.45 bits per heavy atom. The van der Waals surface area contributed by atoms with Gasteiger partial charge in [-0.15, -0.1) is 0 Å². The molecule has 1 atom stereocenters. The van der Waals surface area contributed by atoms with E-state index in [0.717, 1.165) is 6.42 Å². The molecule has 0 aromatic carbocycles. The van der Waals surface area contributed by atoms with Gasteiger partial charge < -0.3 is 5.11 Å². The molecule has 0 amide bonds. The molecule has 0 bridgehead atoms. The van der Waals surface area contributed by atoms with E-state index in [4.69, 9.17) is 5.11 Å². The minimum atomic E-state index is -0.320. The van der Waals surface area contributed by atoms with Crippen LogP contribution in [0.1, 0.15) is 19.4 Å². The fourth-order valence-corrected chi connectivity index (χ4v) is 0.960. The Hall–Kier alpha value is -0.830. The van der Waals surface area contributed by atoms with E-state index in [1.165, 1.54) is 5.56 Å². The van der Waals surface area contributed by atoms with Crippen molar-refractivity contribution in [3.63, 3.8) is 0 Å². The normalized spacial score (nSPS) is 13.4. The predicted octanol–water partition coefficient (Wildman–Crippen LogP) is 0.826. The molecule has 1 N–H and O–H groups in total. The minimum absolute atomic E-state index is 0.320. The first-order valence-electron chi connectivity index (χ1n) is 3.91. The SMILES string of the molecule is CCc1cnn(CC(C)O)c1. The Morgan fingerprint density at radius 3 is 2.91 bits per heavy atom. The number of hydrogen-bond acceptors (Lipinski definition) is 2. The van der Waals surface area contributed by atoms with Crippen LogP contribution in [-0.2, 0) is 13.0 Å². The average molecular weight is 154 g/mol. The van der Waals surface area contributed by atoms with E-state index in [1.54, 1.807) is 11.6 Å². The van der Waals surface area contributed by atoms with E-state index >= 15 is 0 Å². The van der Waals surface area contributed by atoms with Gasteiger partial charge in [-0.2, -0.15) is 5.10 Å². The highest BCUT2D eigenvalue weighted by Gasteiger charge is 1.99. The Bertz CT molecular complexity index is 218. The zero-order chi connectivity index (χ0) is 8.27. The number of aliphatic hydroxyl groups excluding tert-OH is 1. The molecule has 0 radical (unpaired) electrons. The molecule has 0 aliphatic heterocycles. The molecule has 0 fully saturated rings. The van der Waals surface area contributed by atoms with Gasteiger partial charge in [-0.1, -0.05) is 6.92 Å². The summed E-state index contributed by atoms with van der Waals surface area (Å²) in [4.78, 5) is 0.